The molecule has 3 aliphatic carbocycles. The quantitative estimate of drug-likeness (QED) is 0.632. The van der Waals surface area contributed by atoms with Crippen LogP contribution in [0.5, 0.6) is 0 Å². The molecule has 3 unspecified atom stereocenters. The summed E-state index contributed by atoms with van der Waals surface area (Å²) in [5, 5.41) is 9.11. The number of fused-ring (bicyclic) bond motifs is 5. The molecule has 1 N–H and O–H groups in total. The lowest BCUT2D eigenvalue weighted by atomic mass is 9.82. The Morgan fingerprint density at radius 1 is 0.917 bits per heavy atom. The Balaban J connectivity index is 1.78. The van der Waals surface area contributed by atoms with Gasteiger partial charge in [-0.15, -0.1) is 0 Å². The summed E-state index contributed by atoms with van der Waals surface area (Å²) in [7, 11) is 0. The van der Waals surface area contributed by atoms with E-state index in [9.17, 15) is 0 Å². The zero-order valence-corrected chi connectivity index (χ0v) is 7.58. The van der Waals surface area contributed by atoms with E-state index in [0.717, 1.165) is 23.7 Å². The van der Waals surface area contributed by atoms with Crippen molar-refractivity contribution in [2.24, 2.45) is 29.6 Å². The molecule has 0 aromatic heterocycles. The van der Waals surface area contributed by atoms with Gasteiger partial charge in [-0.25, -0.2) is 0 Å². The van der Waals surface area contributed by atoms with E-state index in [0.29, 0.717) is 12.5 Å². The number of hydrogen-bond donors (Lipinski definition) is 1. The molecule has 0 aromatic rings. The third kappa shape index (κ3) is 0.834. The molecule has 1 nitrogen and oxygen atoms in total. The third-order valence-corrected chi connectivity index (χ3v) is 4.74. The van der Waals surface area contributed by atoms with Crippen molar-refractivity contribution in [2.45, 2.75) is 32.1 Å². The molecular formula is C11H18O. The van der Waals surface area contributed by atoms with Gasteiger partial charge in [-0.05, 0) is 61.7 Å². The highest BCUT2D eigenvalue weighted by molar-refractivity contribution is 5.01. The summed E-state index contributed by atoms with van der Waals surface area (Å²) in [4.78, 5) is 0. The summed E-state index contributed by atoms with van der Waals surface area (Å²) in [5.41, 5.74) is 0. The molecule has 0 aromatic carbocycles. The average molecular weight is 166 g/mol. The summed E-state index contributed by atoms with van der Waals surface area (Å²) in [6.07, 6.45) is 7.24. The van der Waals surface area contributed by atoms with E-state index in [-0.39, 0.29) is 0 Å². The fourth-order valence-corrected chi connectivity index (χ4v) is 4.28. The van der Waals surface area contributed by atoms with Gasteiger partial charge in [0.05, 0.1) is 0 Å². The van der Waals surface area contributed by atoms with Crippen LogP contribution in [-0.4, -0.2) is 11.7 Å². The smallest absolute Gasteiger partial charge is 0.0459 e. The van der Waals surface area contributed by atoms with Crippen LogP contribution in [0.15, 0.2) is 0 Å². The molecule has 3 fully saturated rings. The van der Waals surface area contributed by atoms with E-state index in [1.807, 2.05) is 0 Å². The Morgan fingerprint density at radius 3 is 2.00 bits per heavy atom. The van der Waals surface area contributed by atoms with Crippen LogP contribution in [0, 0.1) is 29.6 Å². The summed E-state index contributed by atoms with van der Waals surface area (Å²) in [6, 6.07) is 0. The van der Waals surface area contributed by atoms with Crippen LogP contribution in [0.4, 0.5) is 0 Å². The molecule has 12 heavy (non-hydrogen) atoms. The molecule has 3 saturated carbocycles. The highest BCUT2D eigenvalue weighted by Gasteiger charge is 2.51. The fourth-order valence-electron chi connectivity index (χ4n) is 4.28. The summed E-state index contributed by atoms with van der Waals surface area (Å²) < 4.78 is 0. The van der Waals surface area contributed by atoms with Gasteiger partial charge in [-0.1, -0.05) is 0 Å². The molecule has 0 heterocycles. The lowest BCUT2D eigenvalue weighted by molar-refractivity contribution is 0.218. The topological polar surface area (TPSA) is 20.2 Å². The predicted octanol–water partition coefficient (Wildman–Crippen LogP) is 2.05. The Bertz CT molecular complexity index is 171. The van der Waals surface area contributed by atoms with Crippen LogP contribution in [0.25, 0.3) is 0 Å². The van der Waals surface area contributed by atoms with E-state index < -0.39 is 0 Å². The molecule has 2 bridgehead atoms. The summed E-state index contributed by atoms with van der Waals surface area (Å²) >= 11 is 0. The zero-order valence-electron chi connectivity index (χ0n) is 7.58. The normalized spacial score (nSPS) is 56.2. The third-order valence-electron chi connectivity index (χ3n) is 4.74. The Morgan fingerprint density at radius 2 is 1.50 bits per heavy atom. The molecule has 0 radical (unpaired) electrons. The summed E-state index contributed by atoms with van der Waals surface area (Å²) in [6.45, 7) is 0.451. The van der Waals surface area contributed by atoms with Crippen LogP contribution in [0.1, 0.15) is 32.1 Å². The lowest BCUT2D eigenvalue weighted by Gasteiger charge is -2.23. The molecular weight excluding hydrogens is 148 g/mol. The van der Waals surface area contributed by atoms with Crippen molar-refractivity contribution in [3.05, 3.63) is 0 Å². The first kappa shape index (κ1) is 7.37. The highest BCUT2D eigenvalue weighted by Crippen LogP contribution is 2.59. The van der Waals surface area contributed by atoms with E-state index in [1.165, 1.54) is 32.1 Å². The van der Waals surface area contributed by atoms with Crippen molar-refractivity contribution in [1.29, 1.82) is 0 Å². The van der Waals surface area contributed by atoms with Crippen LogP contribution in [0.3, 0.4) is 0 Å². The van der Waals surface area contributed by atoms with Gasteiger partial charge in [-0.2, -0.15) is 0 Å². The molecule has 0 aliphatic heterocycles. The van der Waals surface area contributed by atoms with Gasteiger partial charge in [0.1, 0.15) is 0 Å². The summed E-state index contributed by atoms with van der Waals surface area (Å²) in [5.74, 6) is 4.86. The molecule has 3 aliphatic rings. The Hall–Kier alpha value is -0.0400. The largest absolute Gasteiger partial charge is 0.396 e. The second kappa shape index (κ2) is 2.47. The Labute approximate surface area is 74.2 Å². The SMILES string of the molecule is OCC1CC2C(C1)[C@H]1CC[C@@H]2C1. The van der Waals surface area contributed by atoms with E-state index in [2.05, 4.69) is 0 Å². The number of aliphatic hydroxyl groups excluding tert-OH is 1. The van der Waals surface area contributed by atoms with Gasteiger partial charge < -0.3 is 5.11 Å². The van der Waals surface area contributed by atoms with E-state index in [1.54, 1.807) is 0 Å². The van der Waals surface area contributed by atoms with Crippen LogP contribution < -0.4 is 0 Å². The van der Waals surface area contributed by atoms with E-state index >= 15 is 0 Å². The first-order valence-electron chi connectivity index (χ1n) is 5.49. The molecule has 5 atom stereocenters. The van der Waals surface area contributed by atoms with Crippen LogP contribution in [-0.2, 0) is 0 Å². The van der Waals surface area contributed by atoms with Crippen molar-refractivity contribution in [1.82, 2.24) is 0 Å². The van der Waals surface area contributed by atoms with Crippen molar-refractivity contribution in [3.8, 4) is 0 Å². The zero-order chi connectivity index (χ0) is 8.13. The first-order chi connectivity index (χ1) is 5.88. The minimum Gasteiger partial charge on any atom is -0.396 e. The Kier molecular flexibility index (Phi) is 1.52. The molecule has 0 spiro atoms. The van der Waals surface area contributed by atoms with Crippen LogP contribution in [0.2, 0.25) is 0 Å². The van der Waals surface area contributed by atoms with Crippen LogP contribution >= 0.6 is 0 Å². The first-order valence-corrected chi connectivity index (χ1v) is 5.49. The van der Waals surface area contributed by atoms with Crippen molar-refractivity contribution in [3.63, 3.8) is 0 Å². The van der Waals surface area contributed by atoms with Gasteiger partial charge >= 0.3 is 0 Å². The van der Waals surface area contributed by atoms with Crippen molar-refractivity contribution in [2.75, 3.05) is 6.61 Å². The van der Waals surface area contributed by atoms with Gasteiger partial charge in [0, 0.05) is 6.61 Å². The standard InChI is InChI=1S/C11H18O/c12-6-7-3-10-8-1-2-9(5-8)11(10)4-7/h7-12H,1-6H2/t7?,8-,9+,10?,11?. The van der Waals surface area contributed by atoms with Gasteiger partial charge in [0.25, 0.3) is 0 Å². The predicted molar refractivity (Wildman–Crippen MR) is 47.6 cm³/mol. The molecule has 68 valence electrons. The van der Waals surface area contributed by atoms with Crippen molar-refractivity contribution < 1.29 is 5.11 Å². The van der Waals surface area contributed by atoms with E-state index in [4.69, 9.17) is 5.11 Å². The second-order valence-corrected chi connectivity index (χ2v) is 5.18. The minimum atomic E-state index is 0.451. The lowest BCUT2D eigenvalue weighted by Crippen LogP contribution is -2.15. The van der Waals surface area contributed by atoms with Gasteiger partial charge in [0.2, 0.25) is 0 Å². The molecule has 1 heteroatoms. The molecule has 0 saturated heterocycles. The fraction of sp³-hybridized carbons (Fsp3) is 1.00. The molecule has 0 amide bonds. The maximum Gasteiger partial charge on any atom is 0.0459 e. The number of rotatable bonds is 1. The average Bonchev–Trinajstić information content (AvgIpc) is 2.75. The maximum absolute atomic E-state index is 9.11. The maximum atomic E-state index is 9.11. The van der Waals surface area contributed by atoms with Crippen molar-refractivity contribution >= 4 is 0 Å². The highest BCUT2D eigenvalue weighted by atomic mass is 16.3. The number of hydrogen-bond acceptors (Lipinski definition) is 1. The molecule has 3 rings (SSSR count). The number of aliphatic hydroxyl groups is 1. The van der Waals surface area contributed by atoms with Gasteiger partial charge in [0.15, 0.2) is 0 Å². The minimum absolute atomic E-state index is 0.451. The van der Waals surface area contributed by atoms with Gasteiger partial charge in [-0.3, -0.25) is 0 Å². The second-order valence-electron chi connectivity index (χ2n) is 5.18. The monoisotopic (exact) mass is 166 g/mol.